The van der Waals surface area contributed by atoms with Crippen LogP contribution in [0.2, 0.25) is 0 Å². The Bertz CT molecular complexity index is 638. The van der Waals surface area contributed by atoms with E-state index in [1.165, 1.54) is 45.2 Å². The minimum Gasteiger partial charge on any atom is -0.466 e. The molecule has 0 aromatic carbocycles. The van der Waals surface area contributed by atoms with Gasteiger partial charge in [0.25, 0.3) is 0 Å². The van der Waals surface area contributed by atoms with Crippen LogP contribution >= 0.6 is 0 Å². The summed E-state index contributed by atoms with van der Waals surface area (Å²) in [6.45, 7) is 10.1. The van der Waals surface area contributed by atoms with Crippen LogP contribution in [0.5, 0.6) is 0 Å². The van der Waals surface area contributed by atoms with Crippen LogP contribution in [0.25, 0.3) is 0 Å². The number of furan rings is 1. The molecule has 5 nitrogen and oxygen atoms in total. The number of amides is 1. The van der Waals surface area contributed by atoms with E-state index in [9.17, 15) is 4.79 Å². The number of rotatable bonds is 7. The molecule has 4 rings (SSSR count). The molecule has 28 heavy (non-hydrogen) atoms. The molecule has 1 N–H and O–H groups in total. The van der Waals surface area contributed by atoms with E-state index in [1.807, 2.05) is 6.92 Å². The Hall–Kier alpha value is -1.33. The first-order valence-electron chi connectivity index (χ1n) is 11.4. The molecule has 3 aliphatic rings. The fourth-order valence-corrected chi connectivity index (χ4v) is 4.82. The maximum absolute atomic E-state index is 12.3. The highest BCUT2D eigenvalue weighted by Crippen LogP contribution is 2.27. The van der Waals surface area contributed by atoms with Crippen molar-refractivity contribution in [3.8, 4) is 0 Å². The molecule has 1 saturated carbocycles. The lowest BCUT2D eigenvalue weighted by atomic mass is 9.92. The van der Waals surface area contributed by atoms with Crippen molar-refractivity contribution in [3.63, 3.8) is 0 Å². The van der Waals surface area contributed by atoms with E-state index in [-0.39, 0.29) is 5.92 Å². The topological polar surface area (TPSA) is 48.7 Å². The summed E-state index contributed by atoms with van der Waals surface area (Å²) >= 11 is 0. The summed E-state index contributed by atoms with van der Waals surface area (Å²) < 4.78 is 5.78. The third-order valence-corrected chi connectivity index (χ3v) is 7.02. The number of likely N-dealkylation sites (tertiary alicyclic amines) is 2. The lowest BCUT2D eigenvalue weighted by molar-refractivity contribution is -0.126. The zero-order valence-corrected chi connectivity index (χ0v) is 17.7. The van der Waals surface area contributed by atoms with Crippen molar-refractivity contribution in [3.05, 3.63) is 23.7 Å². The van der Waals surface area contributed by atoms with E-state index in [1.54, 1.807) is 0 Å². The molecule has 2 aliphatic heterocycles. The van der Waals surface area contributed by atoms with Crippen LogP contribution in [0.3, 0.4) is 0 Å². The Morgan fingerprint density at radius 3 is 2.43 bits per heavy atom. The summed E-state index contributed by atoms with van der Waals surface area (Å²) in [4.78, 5) is 17.5. The largest absolute Gasteiger partial charge is 0.466 e. The molecule has 3 fully saturated rings. The zero-order chi connectivity index (χ0) is 19.5. The molecule has 0 radical (unpaired) electrons. The molecule has 0 spiro atoms. The van der Waals surface area contributed by atoms with Crippen LogP contribution in [-0.2, 0) is 4.79 Å². The van der Waals surface area contributed by atoms with E-state index in [4.69, 9.17) is 4.42 Å². The normalized spacial score (nSPS) is 24.4. The van der Waals surface area contributed by atoms with E-state index in [0.717, 1.165) is 44.0 Å². The highest BCUT2D eigenvalue weighted by atomic mass is 16.3. The third-order valence-electron chi connectivity index (χ3n) is 7.02. The van der Waals surface area contributed by atoms with Crippen LogP contribution in [0.1, 0.15) is 69.3 Å². The maximum atomic E-state index is 12.3. The molecular formula is C23H37N3O2. The molecule has 1 aromatic rings. The number of hydrogen-bond donors (Lipinski definition) is 1. The molecule has 5 heteroatoms. The molecule has 156 valence electrons. The SMILES string of the molecule is Cc1ccc([C@@H](C)CCN2CCC(N3CCC(C(=O)NC4CC4)CC3)CC2)o1. The van der Waals surface area contributed by atoms with Gasteiger partial charge in [-0.25, -0.2) is 0 Å². The van der Waals surface area contributed by atoms with Crippen molar-refractivity contribution < 1.29 is 9.21 Å². The van der Waals surface area contributed by atoms with Gasteiger partial charge in [0, 0.05) is 23.9 Å². The highest BCUT2D eigenvalue weighted by Gasteiger charge is 2.32. The van der Waals surface area contributed by atoms with E-state index in [2.05, 4.69) is 34.2 Å². The number of hydrogen-bond acceptors (Lipinski definition) is 4. The van der Waals surface area contributed by atoms with Crippen molar-refractivity contribution in [1.82, 2.24) is 15.1 Å². The summed E-state index contributed by atoms with van der Waals surface area (Å²) in [5, 5.41) is 3.19. The van der Waals surface area contributed by atoms with Gasteiger partial charge in [0.1, 0.15) is 11.5 Å². The summed E-state index contributed by atoms with van der Waals surface area (Å²) in [5.74, 6) is 3.20. The second kappa shape index (κ2) is 9.00. The van der Waals surface area contributed by atoms with Crippen molar-refractivity contribution in [2.75, 3.05) is 32.7 Å². The quantitative estimate of drug-likeness (QED) is 0.777. The Balaban J connectivity index is 1.14. The summed E-state index contributed by atoms with van der Waals surface area (Å²) in [6.07, 6.45) is 8.16. The van der Waals surface area contributed by atoms with Crippen LogP contribution < -0.4 is 5.32 Å². The van der Waals surface area contributed by atoms with Gasteiger partial charge in [-0.2, -0.15) is 0 Å². The fraction of sp³-hybridized carbons (Fsp3) is 0.783. The lowest BCUT2D eigenvalue weighted by Gasteiger charge is -2.41. The first kappa shape index (κ1) is 20.0. The highest BCUT2D eigenvalue weighted by molar-refractivity contribution is 5.79. The van der Waals surface area contributed by atoms with Gasteiger partial charge in [-0.15, -0.1) is 0 Å². The number of carbonyl (C=O) groups excluding carboxylic acids is 1. The van der Waals surface area contributed by atoms with Crippen LogP contribution in [0.15, 0.2) is 16.5 Å². The second-order valence-electron chi connectivity index (χ2n) is 9.30. The zero-order valence-electron chi connectivity index (χ0n) is 17.7. The standard InChI is InChI=1S/C23H37N3O2/c1-17(22-6-3-18(2)28-22)7-12-25-13-10-21(11-14-25)26-15-8-19(9-16-26)23(27)24-20-4-5-20/h3,6,17,19-21H,4-5,7-16H2,1-2H3,(H,24,27)/t17-/m0/s1. The molecule has 1 aliphatic carbocycles. The average Bonchev–Trinajstić information content (AvgIpc) is 3.43. The Morgan fingerprint density at radius 1 is 1.11 bits per heavy atom. The van der Waals surface area contributed by atoms with Crippen LogP contribution in [-0.4, -0.2) is 60.5 Å². The van der Waals surface area contributed by atoms with Gasteiger partial charge >= 0.3 is 0 Å². The van der Waals surface area contributed by atoms with Gasteiger partial charge < -0.3 is 19.5 Å². The molecule has 0 unspecified atom stereocenters. The number of piperidine rings is 2. The predicted octanol–water partition coefficient (Wildman–Crippen LogP) is 3.54. The summed E-state index contributed by atoms with van der Waals surface area (Å²) in [7, 11) is 0. The third kappa shape index (κ3) is 5.18. The smallest absolute Gasteiger partial charge is 0.223 e. The van der Waals surface area contributed by atoms with Gasteiger partial charge in [-0.3, -0.25) is 4.79 Å². The Labute approximate surface area is 169 Å². The minimum absolute atomic E-state index is 0.253. The van der Waals surface area contributed by atoms with E-state index >= 15 is 0 Å². The van der Waals surface area contributed by atoms with Crippen molar-refractivity contribution in [2.45, 2.75) is 76.8 Å². The lowest BCUT2D eigenvalue weighted by Crippen LogP contribution is -2.49. The fourth-order valence-electron chi connectivity index (χ4n) is 4.82. The molecule has 3 heterocycles. The van der Waals surface area contributed by atoms with Gasteiger partial charge in [0.05, 0.1) is 0 Å². The monoisotopic (exact) mass is 387 g/mol. The maximum Gasteiger partial charge on any atom is 0.223 e. The minimum atomic E-state index is 0.253. The molecule has 0 bridgehead atoms. The van der Waals surface area contributed by atoms with Crippen LogP contribution in [0, 0.1) is 12.8 Å². The molecular weight excluding hydrogens is 350 g/mol. The number of nitrogens with zero attached hydrogens (tertiary/aromatic N) is 2. The second-order valence-corrected chi connectivity index (χ2v) is 9.30. The molecule has 1 atom stereocenters. The van der Waals surface area contributed by atoms with Gasteiger partial charge in [0.15, 0.2) is 0 Å². The van der Waals surface area contributed by atoms with Crippen LogP contribution in [0.4, 0.5) is 0 Å². The predicted molar refractivity (Wildman–Crippen MR) is 111 cm³/mol. The number of nitrogens with one attached hydrogen (secondary N) is 1. The Kier molecular flexibility index (Phi) is 6.42. The molecule has 2 saturated heterocycles. The first-order chi connectivity index (χ1) is 13.6. The van der Waals surface area contributed by atoms with E-state index < -0.39 is 0 Å². The Morgan fingerprint density at radius 2 is 1.82 bits per heavy atom. The number of aryl methyl sites for hydroxylation is 1. The van der Waals surface area contributed by atoms with Gasteiger partial charge in [-0.05, 0) is 96.7 Å². The average molecular weight is 388 g/mol. The summed E-state index contributed by atoms with van der Waals surface area (Å²) in [6, 6.07) is 5.40. The molecule has 1 aromatic heterocycles. The molecule has 1 amide bonds. The van der Waals surface area contributed by atoms with E-state index in [0.29, 0.717) is 23.9 Å². The summed E-state index contributed by atoms with van der Waals surface area (Å²) in [5.41, 5.74) is 0. The van der Waals surface area contributed by atoms with Crippen molar-refractivity contribution >= 4 is 5.91 Å². The first-order valence-corrected chi connectivity index (χ1v) is 11.4. The van der Waals surface area contributed by atoms with Gasteiger partial charge in [0.2, 0.25) is 5.91 Å². The van der Waals surface area contributed by atoms with Gasteiger partial charge in [-0.1, -0.05) is 6.92 Å². The number of carbonyl (C=O) groups is 1. The van der Waals surface area contributed by atoms with Crippen molar-refractivity contribution in [2.24, 2.45) is 5.92 Å². The van der Waals surface area contributed by atoms with Crippen molar-refractivity contribution in [1.29, 1.82) is 0 Å².